The third kappa shape index (κ3) is 3.95. The lowest BCUT2D eigenvalue weighted by Gasteiger charge is -2.13. The maximum absolute atomic E-state index is 5.15. The average molecular weight is 227 g/mol. The van der Waals surface area contributed by atoms with Gasteiger partial charge in [0.15, 0.2) is 5.17 Å². The first-order valence-corrected chi connectivity index (χ1v) is 5.73. The highest BCUT2D eigenvalue weighted by molar-refractivity contribution is 8.14. The van der Waals surface area contributed by atoms with E-state index in [4.69, 9.17) is 4.74 Å². The van der Waals surface area contributed by atoms with Crippen molar-refractivity contribution >= 4 is 22.8 Å². The van der Waals surface area contributed by atoms with Crippen molar-refractivity contribution in [3.05, 3.63) is 12.2 Å². The van der Waals surface area contributed by atoms with Crippen LogP contribution in [0.1, 0.15) is 13.8 Å². The Morgan fingerprint density at radius 2 is 2.27 bits per heavy atom. The van der Waals surface area contributed by atoms with Crippen LogP contribution in [0.2, 0.25) is 0 Å². The predicted molar refractivity (Wildman–Crippen MR) is 66.6 cm³/mol. The summed E-state index contributed by atoms with van der Waals surface area (Å²) in [5, 5.41) is 4.28. The first kappa shape index (κ1) is 12.1. The van der Waals surface area contributed by atoms with Crippen molar-refractivity contribution in [2.24, 2.45) is 9.98 Å². The summed E-state index contributed by atoms with van der Waals surface area (Å²) in [6.07, 6.45) is 3.89. The van der Waals surface area contributed by atoms with Gasteiger partial charge in [0.1, 0.15) is 5.37 Å². The molecule has 2 atom stereocenters. The number of nitrogens with one attached hydrogen (secondary N) is 1. The lowest BCUT2D eigenvalue weighted by atomic mass is 10.3. The van der Waals surface area contributed by atoms with Crippen LogP contribution in [-0.4, -0.2) is 36.6 Å². The van der Waals surface area contributed by atoms with Crippen molar-refractivity contribution in [2.75, 3.05) is 14.2 Å². The van der Waals surface area contributed by atoms with E-state index in [-0.39, 0.29) is 11.4 Å². The van der Waals surface area contributed by atoms with Crippen LogP contribution >= 0.6 is 11.8 Å². The van der Waals surface area contributed by atoms with Crippen molar-refractivity contribution < 1.29 is 4.74 Å². The second-order valence-electron chi connectivity index (χ2n) is 3.21. The van der Waals surface area contributed by atoms with Gasteiger partial charge in [0.2, 0.25) is 5.90 Å². The predicted octanol–water partition coefficient (Wildman–Crippen LogP) is 1.64. The SMILES string of the molecule is CN=C1NC(C)/C=C\C(OC)=N/C(C)S1. The van der Waals surface area contributed by atoms with Crippen LogP contribution in [0.15, 0.2) is 22.1 Å². The van der Waals surface area contributed by atoms with Crippen LogP contribution in [0.3, 0.4) is 0 Å². The molecule has 1 aliphatic rings. The fraction of sp³-hybridized carbons (Fsp3) is 0.600. The smallest absolute Gasteiger partial charge is 0.209 e. The normalized spacial score (nSPS) is 35.5. The summed E-state index contributed by atoms with van der Waals surface area (Å²) in [6.45, 7) is 4.08. The van der Waals surface area contributed by atoms with Crippen molar-refractivity contribution in [3.63, 3.8) is 0 Å². The minimum atomic E-state index is 0.0982. The lowest BCUT2D eigenvalue weighted by molar-refractivity contribution is 0.404. The maximum Gasteiger partial charge on any atom is 0.209 e. The van der Waals surface area contributed by atoms with Gasteiger partial charge in [0.25, 0.3) is 0 Å². The molecule has 1 aliphatic heterocycles. The monoisotopic (exact) mass is 227 g/mol. The largest absolute Gasteiger partial charge is 0.481 e. The third-order valence-electron chi connectivity index (χ3n) is 1.88. The standard InChI is InChI=1S/C10H17N3OS/c1-7-5-6-9(14-4)13-8(2)15-10(11-3)12-7/h5-8H,1-4H3,(H,11,12)/b6-5-,13-9+. The van der Waals surface area contributed by atoms with Crippen LogP contribution in [-0.2, 0) is 4.74 Å². The number of hydrogen-bond acceptors (Lipinski definition) is 4. The number of rotatable bonds is 0. The van der Waals surface area contributed by atoms with Crippen molar-refractivity contribution in [1.82, 2.24) is 5.32 Å². The highest BCUT2D eigenvalue weighted by Gasteiger charge is 2.11. The van der Waals surface area contributed by atoms with Gasteiger partial charge >= 0.3 is 0 Å². The molecule has 0 aromatic carbocycles. The molecule has 84 valence electrons. The molecule has 0 fully saturated rings. The van der Waals surface area contributed by atoms with Crippen LogP contribution in [0.25, 0.3) is 0 Å². The molecule has 1 heterocycles. The van der Waals surface area contributed by atoms with E-state index >= 15 is 0 Å². The second-order valence-corrected chi connectivity index (χ2v) is 4.51. The zero-order chi connectivity index (χ0) is 11.3. The molecule has 4 nitrogen and oxygen atoms in total. The quantitative estimate of drug-likeness (QED) is 0.684. The molecule has 5 heteroatoms. The Balaban J connectivity index is 2.87. The topological polar surface area (TPSA) is 46.0 Å². The summed E-state index contributed by atoms with van der Waals surface area (Å²) in [6, 6.07) is 0.224. The number of ether oxygens (including phenoxy) is 1. The van der Waals surface area contributed by atoms with Crippen molar-refractivity contribution in [3.8, 4) is 0 Å². The average Bonchev–Trinajstić information content (AvgIpc) is 2.28. The Labute approximate surface area is 94.9 Å². The van der Waals surface area contributed by atoms with Crippen LogP contribution < -0.4 is 5.32 Å². The van der Waals surface area contributed by atoms with E-state index in [0.717, 1.165) is 5.17 Å². The van der Waals surface area contributed by atoms with E-state index in [2.05, 4.69) is 22.2 Å². The molecule has 2 unspecified atom stereocenters. The summed E-state index contributed by atoms with van der Waals surface area (Å²) in [4.78, 5) is 8.56. The Bertz CT molecular complexity index is 299. The number of methoxy groups -OCH3 is 1. The molecule has 0 spiro atoms. The minimum Gasteiger partial charge on any atom is -0.481 e. The summed E-state index contributed by atoms with van der Waals surface area (Å²) in [5.41, 5.74) is 0. The van der Waals surface area contributed by atoms with Gasteiger partial charge in [0.05, 0.1) is 7.11 Å². The fourth-order valence-electron chi connectivity index (χ4n) is 1.15. The fourth-order valence-corrected chi connectivity index (χ4v) is 1.99. The van der Waals surface area contributed by atoms with E-state index in [1.807, 2.05) is 19.1 Å². The Hall–Kier alpha value is -0.970. The first-order chi connectivity index (χ1) is 7.15. The van der Waals surface area contributed by atoms with Gasteiger partial charge in [0, 0.05) is 13.1 Å². The summed E-state index contributed by atoms with van der Waals surface area (Å²) in [5.74, 6) is 0.654. The molecule has 0 aliphatic carbocycles. The number of hydrogen-bond donors (Lipinski definition) is 1. The van der Waals surface area contributed by atoms with E-state index in [1.165, 1.54) is 0 Å². The van der Waals surface area contributed by atoms with Crippen LogP contribution in [0, 0.1) is 0 Å². The highest BCUT2D eigenvalue weighted by Crippen LogP contribution is 2.15. The van der Waals surface area contributed by atoms with E-state index in [9.17, 15) is 0 Å². The van der Waals surface area contributed by atoms with Gasteiger partial charge in [-0.1, -0.05) is 17.8 Å². The molecule has 0 bridgehead atoms. The highest BCUT2D eigenvalue weighted by atomic mass is 32.2. The van der Waals surface area contributed by atoms with Gasteiger partial charge < -0.3 is 10.1 Å². The number of aliphatic imine (C=N–C) groups is 2. The molecule has 15 heavy (non-hydrogen) atoms. The van der Waals surface area contributed by atoms with Crippen molar-refractivity contribution in [1.29, 1.82) is 0 Å². The summed E-state index contributed by atoms with van der Waals surface area (Å²) >= 11 is 1.59. The van der Waals surface area contributed by atoms with Gasteiger partial charge in [-0.05, 0) is 19.9 Å². The number of nitrogens with zero attached hydrogens (tertiary/aromatic N) is 2. The molecule has 1 rings (SSSR count). The Morgan fingerprint density at radius 1 is 1.53 bits per heavy atom. The molecule has 0 saturated heterocycles. The second kappa shape index (κ2) is 5.80. The molecular weight excluding hydrogens is 210 g/mol. The van der Waals surface area contributed by atoms with Crippen molar-refractivity contribution in [2.45, 2.75) is 25.3 Å². The minimum absolute atomic E-state index is 0.0982. The third-order valence-corrected chi connectivity index (χ3v) is 2.85. The summed E-state index contributed by atoms with van der Waals surface area (Å²) in [7, 11) is 3.41. The van der Waals surface area contributed by atoms with Gasteiger partial charge in [-0.25, -0.2) is 4.99 Å². The van der Waals surface area contributed by atoms with E-state index < -0.39 is 0 Å². The van der Waals surface area contributed by atoms with E-state index in [0.29, 0.717) is 5.90 Å². The molecule has 1 N–H and O–H groups in total. The van der Waals surface area contributed by atoms with Crippen LogP contribution in [0.5, 0.6) is 0 Å². The molecule has 0 aromatic heterocycles. The molecule has 0 radical (unpaired) electrons. The zero-order valence-electron chi connectivity index (χ0n) is 9.52. The number of thioether (sulfide) groups is 1. The Kier molecular flexibility index (Phi) is 4.68. The lowest BCUT2D eigenvalue weighted by Crippen LogP contribution is -2.29. The zero-order valence-corrected chi connectivity index (χ0v) is 10.3. The summed E-state index contributed by atoms with van der Waals surface area (Å²) < 4.78 is 5.15. The first-order valence-electron chi connectivity index (χ1n) is 4.85. The van der Waals surface area contributed by atoms with Crippen LogP contribution in [0.4, 0.5) is 0 Å². The van der Waals surface area contributed by atoms with E-state index in [1.54, 1.807) is 25.9 Å². The Morgan fingerprint density at radius 3 is 2.87 bits per heavy atom. The molecular formula is C10H17N3OS. The maximum atomic E-state index is 5.15. The van der Waals surface area contributed by atoms with Gasteiger partial charge in [-0.2, -0.15) is 0 Å². The van der Waals surface area contributed by atoms with Gasteiger partial charge in [-0.3, -0.25) is 4.99 Å². The number of amidine groups is 1. The molecule has 0 amide bonds. The molecule has 0 saturated carbocycles. The van der Waals surface area contributed by atoms with Gasteiger partial charge in [-0.15, -0.1) is 0 Å². The molecule has 0 aromatic rings.